The van der Waals surface area contributed by atoms with E-state index < -0.39 is 11.7 Å². The third-order valence-corrected chi connectivity index (χ3v) is 5.67. The van der Waals surface area contributed by atoms with Crippen LogP contribution in [-0.4, -0.2) is 42.4 Å². The number of hydrogen-bond acceptors (Lipinski definition) is 4. The number of aliphatic imine (C=N–C) groups is 1. The molecular formula is C26H34FN5O. The number of aryl methyl sites for hydroxylation is 1. The average Bonchev–Trinajstić information content (AvgIpc) is 2.80. The molecule has 0 aliphatic heterocycles. The lowest BCUT2D eigenvalue weighted by Crippen LogP contribution is -2.38. The number of nitrogens with zero attached hydrogens (tertiary/aromatic N) is 3. The van der Waals surface area contributed by atoms with E-state index in [4.69, 9.17) is 11.0 Å². The molecule has 7 heteroatoms. The van der Waals surface area contributed by atoms with Crippen LogP contribution in [0.3, 0.4) is 0 Å². The first kappa shape index (κ1) is 26.0. The van der Waals surface area contributed by atoms with Crippen LogP contribution < -0.4 is 11.1 Å². The summed E-state index contributed by atoms with van der Waals surface area (Å²) in [4.78, 5) is 19.5. The van der Waals surface area contributed by atoms with Gasteiger partial charge in [-0.3, -0.25) is 15.1 Å². The molecule has 0 aliphatic rings. The van der Waals surface area contributed by atoms with E-state index in [1.807, 2.05) is 13.0 Å². The molecule has 0 fully saturated rings. The van der Waals surface area contributed by atoms with Crippen molar-refractivity contribution in [2.24, 2.45) is 10.7 Å². The van der Waals surface area contributed by atoms with Crippen molar-refractivity contribution in [1.82, 2.24) is 10.2 Å². The predicted molar refractivity (Wildman–Crippen MR) is 131 cm³/mol. The minimum Gasteiger partial charge on any atom is -0.370 e. The smallest absolute Gasteiger partial charge is 0.258 e. The molecular weight excluding hydrogens is 417 g/mol. The number of nitrogens with two attached hydrogens (primary N) is 1. The number of rotatable bonds is 11. The highest BCUT2D eigenvalue weighted by molar-refractivity contribution is 6.06. The Bertz CT molecular complexity index is 994. The molecule has 2 aromatic rings. The molecule has 0 aliphatic carbocycles. The van der Waals surface area contributed by atoms with Gasteiger partial charge in [0.25, 0.3) is 5.91 Å². The summed E-state index contributed by atoms with van der Waals surface area (Å²) in [6.45, 7) is 9.29. The van der Waals surface area contributed by atoms with Crippen molar-refractivity contribution in [3.8, 4) is 6.07 Å². The molecule has 33 heavy (non-hydrogen) atoms. The second-order valence-corrected chi connectivity index (χ2v) is 8.06. The molecule has 0 heterocycles. The highest BCUT2D eigenvalue weighted by atomic mass is 19.1. The van der Waals surface area contributed by atoms with Gasteiger partial charge in [-0.2, -0.15) is 5.26 Å². The van der Waals surface area contributed by atoms with Gasteiger partial charge in [-0.15, -0.1) is 0 Å². The highest BCUT2D eigenvalue weighted by Crippen LogP contribution is 2.17. The van der Waals surface area contributed by atoms with Gasteiger partial charge in [0, 0.05) is 11.1 Å². The number of carbonyl (C=O) groups is 1. The van der Waals surface area contributed by atoms with E-state index in [-0.39, 0.29) is 17.6 Å². The van der Waals surface area contributed by atoms with Gasteiger partial charge in [0.05, 0.1) is 17.7 Å². The van der Waals surface area contributed by atoms with Crippen LogP contribution in [0, 0.1) is 17.1 Å². The van der Waals surface area contributed by atoms with Gasteiger partial charge in [0.2, 0.25) is 0 Å². The molecule has 1 amide bonds. The van der Waals surface area contributed by atoms with E-state index in [1.165, 1.54) is 12.1 Å². The normalized spacial score (nSPS) is 12.4. The van der Waals surface area contributed by atoms with Crippen molar-refractivity contribution < 1.29 is 9.18 Å². The number of benzene rings is 2. The van der Waals surface area contributed by atoms with E-state index in [1.54, 1.807) is 24.3 Å². The Kier molecular flexibility index (Phi) is 10.5. The number of halogens is 1. The maximum Gasteiger partial charge on any atom is 0.258 e. The molecule has 0 bridgehead atoms. The molecule has 1 atom stereocenters. The summed E-state index contributed by atoms with van der Waals surface area (Å²) in [5.41, 5.74) is 7.97. The Hall–Kier alpha value is -3.24. The average molecular weight is 452 g/mol. The molecule has 6 nitrogen and oxygen atoms in total. The fourth-order valence-corrected chi connectivity index (χ4v) is 3.76. The van der Waals surface area contributed by atoms with E-state index in [9.17, 15) is 9.18 Å². The zero-order valence-corrected chi connectivity index (χ0v) is 19.8. The zero-order chi connectivity index (χ0) is 24.2. The molecule has 0 saturated carbocycles. The molecule has 0 saturated heterocycles. The van der Waals surface area contributed by atoms with E-state index in [0.29, 0.717) is 24.0 Å². The molecule has 3 N–H and O–H groups in total. The topological polar surface area (TPSA) is 94.5 Å². The first-order chi connectivity index (χ1) is 15.9. The van der Waals surface area contributed by atoms with Gasteiger partial charge in [0.1, 0.15) is 5.82 Å². The maximum absolute atomic E-state index is 14.6. The van der Waals surface area contributed by atoms with Crippen LogP contribution >= 0.6 is 0 Å². The fraction of sp³-hybridized carbons (Fsp3) is 0.423. The third-order valence-electron chi connectivity index (χ3n) is 5.67. The van der Waals surface area contributed by atoms with Crippen LogP contribution in [0.25, 0.3) is 0 Å². The SMILES string of the molecule is CCN(CC)CCCC(C)N=C(N)NC(=O)c1cccc(F)c1CCc1cccc(C#N)c1. The molecule has 0 radical (unpaired) electrons. The summed E-state index contributed by atoms with van der Waals surface area (Å²) in [6.07, 6.45) is 2.68. The minimum absolute atomic E-state index is 0.0275. The second-order valence-electron chi connectivity index (χ2n) is 8.06. The molecule has 0 aromatic heterocycles. The number of amides is 1. The number of guanidine groups is 1. The van der Waals surface area contributed by atoms with Gasteiger partial charge >= 0.3 is 0 Å². The molecule has 2 rings (SSSR count). The Morgan fingerprint density at radius 1 is 1.21 bits per heavy atom. The van der Waals surface area contributed by atoms with Crippen molar-refractivity contribution >= 4 is 11.9 Å². The largest absolute Gasteiger partial charge is 0.370 e. The Morgan fingerprint density at radius 3 is 2.64 bits per heavy atom. The summed E-state index contributed by atoms with van der Waals surface area (Å²) in [5, 5.41) is 11.7. The van der Waals surface area contributed by atoms with Crippen LogP contribution in [0.2, 0.25) is 0 Å². The zero-order valence-electron chi connectivity index (χ0n) is 19.8. The third kappa shape index (κ3) is 8.32. The minimum atomic E-state index is -0.480. The summed E-state index contributed by atoms with van der Waals surface area (Å²) < 4.78 is 14.6. The summed E-state index contributed by atoms with van der Waals surface area (Å²) >= 11 is 0. The predicted octanol–water partition coefficient (Wildman–Crippen LogP) is 4.04. The maximum atomic E-state index is 14.6. The van der Waals surface area contributed by atoms with Crippen molar-refractivity contribution in [1.29, 1.82) is 5.26 Å². The van der Waals surface area contributed by atoms with E-state index in [2.05, 4.69) is 35.1 Å². The standard InChI is InChI=1S/C26H34FN5O/c1-4-32(5-2)16-8-9-19(3)30-26(29)31-25(33)23-12-7-13-24(27)22(23)15-14-20-10-6-11-21(17-20)18-28/h6-7,10-13,17,19H,4-5,8-9,14-16H2,1-3H3,(H3,29,30,31,33). The van der Waals surface area contributed by atoms with Gasteiger partial charge in [-0.25, -0.2) is 4.39 Å². The van der Waals surface area contributed by atoms with Crippen molar-refractivity contribution in [2.45, 2.75) is 52.5 Å². The van der Waals surface area contributed by atoms with Gasteiger partial charge in [-0.1, -0.05) is 32.0 Å². The quantitative estimate of drug-likeness (QED) is 0.398. The van der Waals surface area contributed by atoms with E-state index >= 15 is 0 Å². The number of hydrogen-bond donors (Lipinski definition) is 2. The summed E-state index contributed by atoms with van der Waals surface area (Å²) in [5.74, 6) is -0.890. The second kappa shape index (κ2) is 13.3. The van der Waals surface area contributed by atoms with Gasteiger partial charge in [0.15, 0.2) is 5.96 Å². The summed E-state index contributed by atoms with van der Waals surface area (Å²) in [7, 11) is 0. The first-order valence-corrected chi connectivity index (χ1v) is 11.5. The molecule has 0 spiro atoms. The van der Waals surface area contributed by atoms with Crippen LogP contribution in [0.4, 0.5) is 4.39 Å². The Labute approximate surface area is 196 Å². The van der Waals surface area contributed by atoms with E-state index in [0.717, 1.165) is 38.0 Å². The van der Waals surface area contributed by atoms with Crippen LogP contribution in [0.1, 0.15) is 60.7 Å². The van der Waals surface area contributed by atoms with Crippen LogP contribution in [0.15, 0.2) is 47.5 Å². The first-order valence-electron chi connectivity index (χ1n) is 11.5. The van der Waals surface area contributed by atoms with Crippen LogP contribution in [0.5, 0.6) is 0 Å². The number of nitrogens with one attached hydrogen (secondary N) is 1. The van der Waals surface area contributed by atoms with Crippen molar-refractivity contribution in [3.05, 3.63) is 70.5 Å². The Balaban J connectivity index is 2.01. The lowest BCUT2D eigenvalue weighted by molar-refractivity contribution is 0.0975. The number of nitriles is 1. The molecule has 176 valence electrons. The highest BCUT2D eigenvalue weighted by Gasteiger charge is 2.16. The number of carbonyl (C=O) groups excluding carboxylic acids is 1. The lowest BCUT2D eigenvalue weighted by Gasteiger charge is -2.18. The Morgan fingerprint density at radius 2 is 1.94 bits per heavy atom. The van der Waals surface area contributed by atoms with Crippen molar-refractivity contribution in [3.63, 3.8) is 0 Å². The van der Waals surface area contributed by atoms with Gasteiger partial charge in [-0.05, 0) is 82.1 Å². The fourth-order valence-electron chi connectivity index (χ4n) is 3.76. The van der Waals surface area contributed by atoms with Gasteiger partial charge < -0.3 is 10.6 Å². The van der Waals surface area contributed by atoms with Crippen LogP contribution in [-0.2, 0) is 12.8 Å². The monoisotopic (exact) mass is 451 g/mol. The molecule has 2 aromatic carbocycles. The van der Waals surface area contributed by atoms with Crippen molar-refractivity contribution in [2.75, 3.05) is 19.6 Å². The molecule has 1 unspecified atom stereocenters. The lowest BCUT2D eigenvalue weighted by atomic mass is 9.98. The summed E-state index contributed by atoms with van der Waals surface area (Å²) in [6, 6.07) is 13.7.